The second-order valence-electron chi connectivity index (χ2n) is 6.66. The lowest BCUT2D eigenvalue weighted by Crippen LogP contribution is -2.46. The van der Waals surface area contributed by atoms with Gasteiger partial charge >= 0.3 is 0 Å². The fourth-order valence-corrected chi connectivity index (χ4v) is 4.86. The molecule has 116 valence electrons. The molecule has 3 rings (SSSR count). The first-order valence-electron chi connectivity index (χ1n) is 8.44. The minimum absolute atomic E-state index is 0.386. The van der Waals surface area contributed by atoms with Crippen molar-refractivity contribution in [1.82, 2.24) is 5.32 Å². The van der Waals surface area contributed by atoms with E-state index in [0.29, 0.717) is 6.04 Å². The molecule has 21 heavy (non-hydrogen) atoms. The zero-order valence-electron chi connectivity index (χ0n) is 13.2. The van der Waals surface area contributed by atoms with Crippen molar-refractivity contribution in [2.75, 3.05) is 18.5 Å². The van der Waals surface area contributed by atoms with Crippen LogP contribution in [0.1, 0.15) is 57.1 Å². The van der Waals surface area contributed by atoms with Gasteiger partial charge in [-0.2, -0.15) is 0 Å². The molecule has 1 heterocycles. The van der Waals surface area contributed by atoms with Crippen LogP contribution in [0.25, 0.3) is 0 Å². The smallest absolute Gasteiger partial charge is 0.0380 e. The SMILES string of the molecule is CNC(C)c1ccc(N2CCCC3CCCCC32)cc1Br. The molecule has 1 saturated carbocycles. The summed E-state index contributed by atoms with van der Waals surface area (Å²) in [5.74, 6) is 0.933. The Morgan fingerprint density at radius 2 is 1.95 bits per heavy atom. The molecule has 2 fully saturated rings. The van der Waals surface area contributed by atoms with Crippen LogP contribution in [-0.4, -0.2) is 19.6 Å². The third kappa shape index (κ3) is 3.14. The van der Waals surface area contributed by atoms with Crippen LogP contribution in [0.5, 0.6) is 0 Å². The van der Waals surface area contributed by atoms with Crippen molar-refractivity contribution >= 4 is 21.6 Å². The first-order valence-corrected chi connectivity index (χ1v) is 9.23. The van der Waals surface area contributed by atoms with Gasteiger partial charge in [0.25, 0.3) is 0 Å². The molecule has 0 aromatic heterocycles. The van der Waals surface area contributed by atoms with Gasteiger partial charge in [0.2, 0.25) is 0 Å². The van der Waals surface area contributed by atoms with E-state index in [0.717, 1.165) is 12.0 Å². The molecule has 1 aliphatic heterocycles. The minimum Gasteiger partial charge on any atom is -0.368 e. The fourth-order valence-electron chi connectivity index (χ4n) is 4.15. The minimum atomic E-state index is 0.386. The monoisotopic (exact) mass is 350 g/mol. The summed E-state index contributed by atoms with van der Waals surface area (Å²) in [6.07, 6.45) is 8.48. The van der Waals surface area contributed by atoms with Crippen molar-refractivity contribution in [2.45, 2.75) is 57.5 Å². The van der Waals surface area contributed by atoms with Gasteiger partial charge in [0, 0.05) is 28.8 Å². The average Bonchev–Trinajstić information content (AvgIpc) is 2.53. The number of piperidine rings is 1. The summed E-state index contributed by atoms with van der Waals surface area (Å²) in [7, 11) is 2.02. The van der Waals surface area contributed by atoms with Crippen LogP contribution in [0, 0.1) is 5.92 Å². The van der Waals surface area contributed by atoms with Crippen LogP contribution in [0.15, 0.2) is 22.7 Å². The summed E-state index contributed by atoms with van der Waals surface area (Å²) in [6.45, 7) is 3.44. The zero-order valence-corrected chi connectivity index (χ0v) is 14.8. The van der Waals surface area contributed by atoms with Gasteiger partial charge in [0.1, 0.15) is 0 Å². The van der Waals surface area contributed by atoms with Gasteiger partial charge in [-0.05, 0) is 63.3 Å². The Hall–Kier alpha value is -0.540. The third-order valence-corrected chi connectivity index (χ3v) is 6.15. The predicted molar refractivity (Wildman–Crippen MR) is 93.9 cm³/mol. The molecule has 1 aromatic carbocycles. The van der Waals surface area contributed by atoms with E-state index in [4.69, 9.17) is 0 Å². The van der Waals surface area contributed by atoms with Gasteiger partial charge in [0.15, 0.2) is 0 Å². The number of halogens is 1. The summed E-state index contributed by atoms with van der Waals surface area (Å²) < 4.78 is 1.24. The summed E-state index contributed by atoms with van der Waals surface area (Å²) in [4.78, 5) is 2.69. The molecule has 0 amide bonds. The Morgan fingerprint density at radius 3 is 2.71 bits per heavy atom. The number of hydrogen-bond donors (Lipinski definition) is 1. The molecule has 3 heteroatoms. The molecular formula is C18H27BrN2. The van der Waals surface area contributed by atoms with Crippen LogP contribution < -0.4 is 10.2 Å². The first kappa shape index (κ1) is 15.4. The number of hydrogen-bond acceptors (Lipinski definition) is 2. The molecule has 2 nitrogen and oxygen atoms in total. The summed E-state index contributed by atoms with van der Waals surface area (Å²) in [6, 6.07) is 8.11. The van der Waals surface area contributed by atoms with Crippen LogP contribution in [0.4, 0.5) is 5.69 Å². The van der Waals surface area contributed by atoms with Gasteiger partial charge in [0.05, 0.1) is 0 Å². The molecule has 1 aromatic rings. The van der Waals surface area contributed by atoms with Crippen molar-refractivity contribution in [1.29, 1.82) is 0 Å². The Labute approximate surface area is 137 Å². The van der Waals surface area contributed by atoms with Crippen molar-refractivity contribution in [2.24, 2.45) is 5.92 Å². The van der Waals surface area contributed by atoms with Crippen molar-refractivity contribution < 1.29 is 0 Å². The highest BCUT2D eigenvalue weighted by Crippen LogP contribution is 2.39. The fraction of sp³-hybridized carbons (Fsp3) is 0.667. The Balaban J connectivity index is 1.84. The highest BCUT2D eigenvalue weighted by molar-refractivity contribution is 9.10. The van der Waals surface area contributed by atoms with E-state index in [1.807, 2.05) is 7.05 Å². The van der Waals surface area contributed by atoms with Crippen LogP contribution in [-0.2, 0) is 0 Å². The molecule has 0 radical (unpaired) electrons. The quantitative estimate of drug-likeness (QED) is 0.834. The first-order chi connectivity index (χ1) is 10.2. The zero-order chi connectivity index (χ0) is 14.8. The predicted octanol–water partition coefficient (Wildman–Crippen LogP) is 4.89. The topological polar surface area (TPSA) is 15.3 Å². The van der Waals surface area contributed by atoms with E-state index >= 15 is 0 Å². The number of rotatable bonds is 3. The van der Waals surface area contributed by atoms with E-state index in [2.05, 4.69) is 51.3 Å². The maximum Gasteiger partial charge on any atom is 0.0380 e. The lowest BCUT2D eigenvalue weighted by atomic mass is 9.78. The molecule has 1 aliphatic carbocycles. The lowest BCUT2D eigenvalue weighted by molar-refractivity contribution is 0.244. The number of nitrogens with one attached hydrogen (secondary N) is 1. The summed E-state index contributed by atoms with van der Waals surface area (Å²) >= 11 is 3.78. The number of benzene rings is 1. The van der Waals surface area contributed by atoms with Crippen molar-refractivity contribution in [3.8, 4) is 0 Å². The van der Waals surface area contributed by atoms with Gasteiger partial charge in [-0.3, -0.25) is 0 Å². The number of fused-ring (bicyclic) bond motifs is 1. The van der Waals surface area contributed by atoms with Gasteiger partial charge in [-0.15, -0.1) is 0 Å². The van der Waals surface area contributed by atoms with Gasteiger partial charge in [-0.25, -0.2) is 0 Å². The molecule has 1 N–H and O–H groups in total. The van der Waals surface area contributed by atoms with E-state index in [1.54, 1.807) is 0 Å². The molecule has 0 spiro atoms. The second-order valence-corrected chi connectivity index (χ2v) is 7.52. The average molecular weight is 351 g/mol. The highest BCUT2D eigenvalue weighted by atomic mass is 79.9. The van der Waals surface area contributed by atoms with Gasteiger partial charge < -0.3 is 10.2 Å². The van der Waals surface area contributed by atoms with E-state index in [1.165, 1.54) is 60.8 Å². The number of anilines is 1. The Kier molecular flexibility index (Phi) is 4.90. The maximum atomic E-state index is 3.78. The van der Waals surface area contributed by atoms with Crippen molar-refractivity contribution in [3.05, 3.63) is 28.2 Å². The van der Waals surface area contributed by atoms with Gasteiger partial charge in [-0.1, -0.05) is 34.8 Å². The molecule has 1 saturated heterocycles. The van der Waals surface area contributed by atoms with Crippen LogP contribution in [0.3, 0.4) is 0 Å². The normalized spacial score (nSPS) is 27.3. The molecule has 3 unspecified atom stereocenters. The van der Waals surface area contributed by atoms with Crippen LogP contribution in [0.2, 0.25) is 0 Å². The summed E-state index contributed by atoms with van der Waals surface area (Å²) in [5, 5.41) is 3.32. The lowest BCUT2D eigenvalue weighted by Gasteiger charge is -2.45. The Bertz CT molecular complexity index is 486. The number of nitrogens with zero attached hydrogens (tertiary/aromatic N) is 1. The van der Waals surface area contributed by atoms with Crippen molar-refractivity contribution in [3.63, 3.8) is 0 Å². The Morgan fingerprint density at radius 1 is 1.19 bits per heavy atom. The molecule has 0 bridgehead atoms. The van der Waals surface area contributed by atoms with E-state index in [-0.39, 0.29) is 0 Å². The van der Waals surface area contributed by atoms with E-state index < -0.39 is 0 Å². The maximum absolute atomic E-state index is 3.78. The highest BCUT2D eigenvalue weighted by Gasteiger charge is 2.33. The summed E-state index contributed by atoms with van der Waals surface area (Å²) in [5.41, 5.74) is 2.75. The molecule has 2 aliphatic rings. The standard InChI is InChI=1S/C18H27BrN2/c1-13(20-2)16-10-9-15(12-17(16)19)21-11-5-7-14-6-3-4-8-18(14)21/h9-10,12-14,18,20H,3-8,11H2,1-2H3. The third-order valence-electron chi connectivity index (χ3n) is 5.46. The molecule has 3 atom stereocenters. The largest absolute Gasteiger partial charge is 0.368 e. The van der Waals surface area contributed by atoms with Crippen LogP contribution >= 0.6 is 15.9 Å². The molecular weight excluding hydrogens is 324 g/mol. The second kappa shape index (κ2) is 6.70. The van der Waals surface area contributed by atoms with E-state index in [9.17, 15) is 0 Å².